The third-order valence-electron chi connectivity index (χ3n) is 2.52. The Morgan fingerprint density at radius 1 is 1.38 bits per heavy atom. The van der Waals surface area contributed by atoms with Crippen LogP contribution < -0.4 is 0 Å². The molecule has 0 bridgehead atoms. The minimum absolute atomic E-state index is 0.153. The first-order valence-electron chi connectivity index (χ1n) is 4.72. The monoisotopic (exact) mass is 174 g/mol. The first-order chi connectivity index (χ1) is 6.03. The first-order valence-corrected chi connectivity index (χ1v) is 4.72. The third-order valence-corrected chi connectivity index (χ3v) is 2.52. The summed E-state index contributed by atoms with van der Waals surface area (Å²) in [5, 5.41) is 0. The molecule has 0 N–H and O–H groups in total. The van der Waals surface area contributed by atoms with Gasteiger partial charge in [0.25, 0.3) is 0 Å². The number of hydrogen-bond acceptors (Lipinski definition) is 0. The number of rotatable bonds is 2. The molecular formula is C13H18. The molecular weight excluding hydrogens is 156 g/mol. The van der Waals surface area contributed by atoms with E-state index in [1.54, 1.807) is 0 Å². The van der Waals surface area contributed by atoms with Crippen molar-refractivity contribution < 1.29 is 0 Å². The zero-order valence-electron chi connectivity index (χ0n) is 9.02. The minimum Gasteiger partial charge on any atom is -0.0987 e. The van der Waals surface area contributed by atoms with E-state index >= 15 is 0 Å². The highest BCUT2D eigenvalue weighted by Gasteiger charge is 2.27. The van der Waals surface area contributed by atoms with Crippen LogP contribution in [0.25, 0.3) is 0 Å². The Kier molecular flexibility index (Phi) is 2.60. The lowest BCUT2D eigenvalue weighted by molar-refractivity contribution is 0.604. The fourth-order valence-electron chi connectivity index (χ4n) is 2.02. The summed E-state index contributed by atoms with van der Waals surface area (Å²) < 4.78 is 0. The Morgan fingerprint density at radius 3 is 2.46 bits per heavy atom. The maximum Gasteiger partial charge on any atom is 0.00870 e. The molecule has 0 aliphatic heterocycles. The molecule has 70 valence electrons. The fraction of sp³-hybridized carbons (Fsp3) is 0.385. The van der Waals surface area contributed by atoms with Crippen LogP contribution in [0.5, 0.6) is 0 Å². The average molecular weight is 174 g/mol. The summed E-state index contributed by atoms with van der Waals surface area (Å²) in [7, 11) is 0. The van der Waals surface area contributed by atoms with Gasteiger partial charge in [0.05, 0.1) is 0 Å². The van der Waals surface area contributed by atoms with Crippen LogP contribution >= 0.6 is 0 Å². The molecule has 0 aromatic rings. The predicted molar refractivity (Wildman–Crippen MR) is 59.6 cm³/mol. The van der Waals surface area contributed by atoms with Crippen molar-refractivity contribution in [3.63, 3.8) is 0 Å². The molecule has 0 amide bonds. The van der Waals surface area contributed by atoms with E-state index in [0.717, 1.165) is 0 Å². The molecule has 0 heteroatoms. The number of hydrogen-bond donors (Lipinski definition) is 0. The van der Waals surface area contributed by atoms with Gasteiger partial charge >= 0.3 is 0 Å². The quantitative estimate of drug-likeness (QED) is 0.593. The Hall–Kier alpha value is -1.04. The maximum absolute atomic E-state index is 3.88. The average Bonchev–Trinajstić information content (AvgIpc) is 2.22. The summed E-state index contributed by atoms with van der Waals surface area (Å²) in [6, 6.07) is 0. The predicted octanol–water partition coefficient (Wildman–Crippen LogP) is 4.03. The zero-order valence-corrected chi connectivity index (χ0v) is 9.02. The lowest BCUT2D eigenvalue weighted by atomic mass is 9.86. The van der Waals surface area contributed by atoms with E-state index in [4.69, 9.17) is 0 Å². The SMILES string of the molecule is C=CC1=C(/C=C\C)C(C)=CC1(C)C. The van der Waals surface area contributed by atoms with Gasteiger partial charge in [-0.05, 0) is 30.6 Å². The first kappa shape index (κ1) is 10.0. The van der Waals surface area contributed by atoms with Crippen molar-refractivity contribution in [2.24, 2.45) is 5.41 Å². The standard InChI is InChI=1S/C13H18/c1-6-8-11-10(3)9-13(4,5)12(11)7-2/h6-9H,2H2,1,3-5H3/b8-6-. The van der Waals surface area contributed by atoms with E-state index in [9.17, 15) is 0 Å². The van der Waals surface area contributed by atoms with Gasteiger partial charge in [0.1, 0.15) is 0 Å². The van der Waals surface area contributed by atoms with Crippen molar-refractivity contribution in [1.82, 2.24) is 0 Å². The smallest absolute Gasteiger partial charge is 0.00870 e. The van der Waals surface area contributed by atoms with E-state index in [2.05, 4.69) is 45.6 Å². The Balaban J connectivity index is 3.26. The summed E-state index contributed by atoms with van der Waals surface area (Å²) in [5.41, 5.74) is 4.18. The molecule has 0 saturated carbocycles. The van der Waals surface area contributed by atoms with Crippen molar-refractivity contribution in [2.75, 3.05) is 0 Å². The van der Waals surface area contributed by atoms with Crippen LogP contribution in [0.4, 0.5) is 0 Å². The van der Waals surface area contributed by atoms with E-state index in [-0.39, 0.29) is 5.41 Å². The van der Waals surface area contributed by atoms with Gasteiger partial charge in [0.15, 0.2) is 0 Å². The Morgan fingerprint density at radius 2 is 2.00 bits per heavy atom. The highest BCUT2D eigenvalue weighted by molar-refractivity contribution is 5.55. The third kappa shape index (κ3) is 1.67. The molecule has 13 heavy (non-hydrogen) atoms. The molecule has 0 atom stereocenters. The van der Waals surface area contributed by atoms with Gasteiger partial charge in [-0.3, -0.25) is 0 Å². The van der Waals surface area contributed by atoms with E-state index in [0.29, 0.717) is 0 Å². The summed E-state index contributed by atoms with van der Waals surface area (Å²) in [6.07, 6.45) is 8.52. The highest BCUT2D eigenvalue weighted by Crippen LogP contribution is 2.41. The fourth-order valence-corrected chi connectivity index (χ4v) is 2.02. The molecule has 0 unspecified atom stereocenters. The van der Waals surface area contributed by atoms with Gasteiger partial charge in [0.2, 0.25) is 0 Å². The second-order valence-electron chi connectivity index (χ2n) is 4.08. The van der Waals surface area contributed by atoms with Gasteiger partial charge in [-0.25, -0.2) is 0 Å². The van der Waals surface area contributed by atoms with Gasteiger partial charge in [-0.1, -0.05) is 44.7 Å². The van der Waals surface area contributed by atoms with Crippen LogP contribution in [-0.4, -0.2) is 0 Å². The van der Waals surface area contributed by atoms with Crippen LogP contribution in [0.2, 0.25) is 0 Å². The molecule has 1 rings (SSSR count). The topological polar surface area (TPSA) is 0 Å². The van der Waals surface area contributed by atoms with Crippen LogP contribution in [0.15, 0.2) is 47.6 Å². The second-order valence-corrected chi connectivity index (χ2v) is 4.08. The van der Waals surface area contributed by atoms with Gasteiger partial charge in [-0.15, -0.1) is 0 Å². The largest absolute Gasteiger partial charge is 0.0987 e. The number of allylic oxidation sites excluding steroid dienone is 7. The molecule has 0 fully saturated rings. The Bertz CT molecular complexity index is 309. The molecule has 0 saturated heterocycles. The normalized spacial score (nSPS) is 21.1. The van der Waals surface area contributed by atoms with Crippen LogP contribution in [0.1, 0.15) is 27.7 Å². The van der Waals surface area contributed by atoms with Crippen LogP contribution in [-0.2, 0) is 0 Å². The highest BCUT2D eigenvalue weighted by atomic mass is 14.3. The van der Waals surface area contributed by atoms with Crippen molar-refractivity contribution in [1.29, 1.82) is 0 Å². The van der Waals surface area contributed by atoms with Crippen LogP contribution in [0.3, 0.4) is 0 Å². The lowest BCUT2D eigenvalue weighted by Crippen LogP contribution is -2.06. The summed E-state index contributed by atoms with van der Waals surface area (Å²) >= 11 is 0. The van der Waals surface area contributed by atoms with Crippen molar-refractivity contribution >= 4 is 0 Å². The maximum atomic E-state index is 3.88. The molecule has 1 aliphatic rings. The van der Waals surface area contributed by atoms with E-state index in [1.807, 2.05) is 13.0 Å². The molecule has 0 aromatic heterocycles. The molecule has 1 aliphatic carbocycles. The summed E-state index contributed by atoms with van der Waals surface area (Å²) in [4.78, 5) is 0. The lowest BCUT2D eigenvalue weighted by Gasteiger charge is -2.18. The summed E-state index contributed by atoms with van der Waals surface area (Å²) in [6.45, 7) is 12.5. The van der Waals surface area contributed by atoms with Crippen molar-refractivity contribution in [3.8, 4) is 0 Å². The zero-order chi connectivity index (χ0) is 10.1. The van der Waals surface area contributed by atoms with Crippen LogP contribution in [0, 0.1) is 5.41 Å². The molecule has 0 radical (unpaired) electrons. The van der Waals surface area contributed by atoms with E-state index < -0.39 is 0 Å². The summed E-state index contributed by atoms with van der Waals surface area (Å²) in [5.74, 6) is 0. The molecule has 0 nitrogen and oxygen atoms in total. The van der Waals surface area contributed by atoms with E-state index in [1.165, 1.54) is 16.7 Å². The molecule has 0 spiro atoms. The van der Waals surface area contributed by atoms with Gasteiger partial charge < -0.3 is 0 Å². The minimum atomic E-state index is 0.153. The molecule has 0 aromatic carbocycles. The van der Waals surface area contributed by atoms with Gasteiger partial charge in [-0.2, -0.15) is 0 Å². The van der Waals surface area contributed by atoms with Crippen molar-refractivity contribution in [2.45, 2.75) is 27.7 Å². The Labute approximate surface area is 81.4 Å². The van der Waals surface area contributed by atoms with Crippen molar-refractivity contribution in [3.05, 3.63) is 47.6 Å². The second kappa shape index (κ2) is 3.37. The molecule has 0 heterocycles. The van der Waals surface area contributed by atoms with Gasteiger partial charge in [0, 0.05) is 5.41 Å².